The van der Waals surface area contributed by atoms with E-state index in [4.69, 9.17) is 4.42 Å². The molecule has 0 fully saturated rings. The third-order valence-electron chi connectivity index (χ3n) is 3.81. The Morgan fingerprint density at radius 2 is 2.26 bits per heavy atom. The molecule has 0 saturated heterocycles. The van der Waals surface area contributed by atoms with Crippen molar-refractivity contribution in [2.75, 3.05) is 0 Å². The summed E-state index contributed by atoms with van der Waals surface area (Å²) in [7, 11) is 0. The van der Waals surface area contributed by atoms with Gasteiger partial charge in [-0.15, -0.1) is 4.57 Å². The fourth-order valence-electron chi connectivity index (χ4n) is 2.97. The highest BCUT2D eigenvalue weighted by Crippen LogP contribution is 2.32. The van der Waals surface area contributed by atoms with Crippen LogP contribution in [0.5, 0.6) is 0 Å². The average Bonchev–Trinajstić information content (AvgIpc) is 3.05. The van der Waals surface area contributed by atoms with Crippen LogP contribution in [0.15, 0.2) is 53.5 Å². The second kappa shape index (κ2) is 3.03. The van der Waals surface area contributed by atoms with Gasteiger partial charge in [0.15, 0.2) is 6.54 Å². The van der Waals surface area contributed by atoms with Crippen LogP contribution >= 0.6 is 0 Å². The topological polar surface area (TPSA) is 34.3 Å². The summed E-state index contributed by atoms with van der Waals surface area (Å²) in [6.45, 7) is 0.833. The Morgan fingerprint density at radius 1 is 1.26 bits per heavy atom. The second-order valence-electron chi connectivity index (χ2n) is 4.86. The number of aromatic nitrogens is 3. The maximum Gasteiger partial charge on any atom is 0.382 e. The fourth-order valence-corrected chi connectivity index (χ4v) is 2.97. The molecule has 5 heterocycles. The largest absolute Gasteiger partial charge is 0.396 e. The van der Waals surface area contributed by atoms with Gasteiger partial charge in [0.2, 0.25) is 5.58 Å². The van der Waals surface area contributed by atoms with Crippen molar-refractivity contribution >= 4 is 16.6 Å². The zero-order valence-electron chi connectivity index (χ0n) is 10.1. The van der Waals surface area contributed by atoms with Crippen LogP contribution in [0.25, 0.3) is 28.1 Å². The van der Waals surface area contributed by atoms with E-state index in [0.29, 0.717) is 0 Å². The van der Waals surface area contributed by atoms with Gasteiger partial charge in [-0.3, -0.25) is 4.98 Å². The smallest absolute Gasteiger partial charge is 0.382 e. The van der Waals surface area contributed by atoms with Crippen LogP contribution in [0.2, 0.25) is 0 Å². The first-order chi connectivity index (χ1) is 9.42. The molecule has 4 aromatic rings. The molecule has 5 rings (SSSR count). The van der Waals surface area contributed by atoms with Crippen LogP contribution in [0.4, 0.5) is 0 Å². The van der Waals surface area contributed by atoms with E-state index in [-0.39, 0.29) is 0 Å². The van der Waals surface area contributed by atoms with Gasteiger partial charge in [0.25, 0.3) is 5.52 Å². The quantitative estimate of drug-likeness (QED) is 0.394. The maximum atomic E-state index is 6.04. The summed E-state index contributed by atoms with van der Waals surface area (Å²) in [5.74, 6) is 0.939. The van der Waals surface area contributed by atoms with Gasteiger partial charge in [0.1, 0.15) is 5.52 Å². The summed E-state index contributed by atoms with van der Waals surface area (Å²) < 4.78 is 10.4. The van der Waals surface area contributed by atoms with Crippen molar-refractivity contribution in [2.45, 2.75) is 6.54 Å². The van der Waals surface area contributed by atoms with E-state index < -0.39 is 0 Å². The Bertz CT molecular complexity index is 949. The highest BCUT2D eigenvalue weighted by molar-refractivity contribution is 5.89. The van der Waals surface area contributed by atoms with E-state index in [9.17, 15) is 0 Å². The molecule has 0 N–H and O–H groups in total. The van der Waals surface area contributed by atoms with Gasteiger partial charge >= 0.3 is 5.89 Å². The summed E-state index contributed by atoms with van der Waals surface area (Å²) in [6.07, 6.45) is 7.81. The molecule has 0 spiro atoms. The van der Waals surface area contributed by atoms with Gasteiger partial charge in [0.05, 0.1) is 17.3 Å². The highest BCUT2D eigenvalue weighted by atomic mass is 16.4. The van der Waals surface area contributed by atoms with Crippen LogP contribution in [0.1, 0.15) is 5.56 Å². The van der Waals surface area contributed by atoms with Crippen molar-refractivity contribution in [3.63, 3.8) is 0 Å². The third kappa shape index (κ3) is 1.04. The van der Waals surface area contributed by atoms with Crippen molar-refractivity contribution in [2.24, 2.45) is 0 Å². The molecule has 0 bridgehead atoms. The Hall–Kier alpha value is -2.62. The van der Waals surface area contributed by atoms with Crippen LogP contribution < -0.4 is 4.57 Å². The molecule has 0 amide bonds. The normalized spacial score (nSPS) is 13.1. The Balaban J connectivity index is 1.94. The lowest BCUT2D eigenvalue weighted by Gasteiger charge is -1.90. The Labute approximate surface area is 108 Å². The first kappa shape index (κ1) is 9.33. The van der Waals surface area contributed by atoms with Crippen molar-refractivity contribution < 1.29 is 8.98 Å². The number of nitrogens with zero attached hydrogens (tertiary/aromatic N) is 3. The zero-order chi connectivity index (χ0) is 12.4. The molecular formula is C15H10N3O+. The van der Waals surface area contributed by atoms with Crippen molar-refractivity contribution in [1.29, 1.82) is 0 Å². The van der Waals surface area contributed by atoms with Crippen LogP contribution in [0, 0.1) is 0 Å². The molecular weight excluding hydrogens is 238 g/mol. The second-order valence-corrected chi connectivity index (χ2v) is 4.86. The molecule has 1 aliphatic heterocycles. The van der Waals surface area contributed by atoms with Gasteiger partial charge in [-0.25, -0.2) is 0 Å². The standard InChI is InChI=1S/C15H10N3O/c1-2-6-17-9-13-14(12(17)3-1)18-8-10-7-16-5-4-11(10)15(18)19-13/h1-7,9H,8H2/q+1. The lowest BCUT2D eigenvalue weighted by Crippen LogP contribution is -2.30. The van der Waals surface area contributed by atoms with Gasteiger partial charge in [-0.1, -0.05) is 6.07 Å². The zero-order valence-corrected chi connectivity index (χ0v) is 10.1. The van der Waals surface area contributed by atoms with Crippen molar-refractivity contribution in [3.8, 4) is 11.5 Å². The summed E-state index contributed by atoms with van der Waals surface area (Å²) >= 11 is 0. The van der Waals surface area contributed by atoms with Crippen molar-refractivity contribution in [3.05, 3.63) is 54.6 Å². The van der Waals surface area contributed by atoms with E-state index in [1.807, 2.05) is 36.9 Å². The molecule has 0 aliphatic carbocycles. The number of hydrogen-bond donors (Lipinski definition) is 0. The van der Waals surface area contributed by atoms with E-state index in [1.54, 1.807) is 0 Å². The van der Waals surface area contributed by atoms with Crippen LogP contribution in [0.3, 0.4) is 0 Å². The van der Waals surface area contributed by atoms with Gasteiger partial charge in [0, 0.05) is 18.6 Å². The predicted octanol–water partition coefficient (Wildman–Crippen LogP) is 2.40. The van der Waals surface area contributed by atoms with Crippen LogP contribution in [-0.4, -0.2) is 9.38 Å². The number of rotatable bonds is 0. The van der Waals surface area contributed by atoms with E-state index in [1.165, 1.54) is 11.1 Å². The van der Waals surface area contributed by atoms with Gasteiger partial charge < -0.3 is 8.82 Å². The first-order valence-corrected chi connectivity index (χ1v) is 6.27. The van der Waals surface area contributed by atoms with E-state index in [0.717, 1.165) is 29.1 Å². The van der Waals surface area contributed by atoms with E-state index >= 15 is 0 Å². The van der Waals surface area contributed by atoms with E-state index in [2.05, 4.69) is 26.1 Å². The lowest BCUT2D eigenvalue weighted by atomic mass is 10.2. The first-order valence-electron chi connectivity index (χ1n) is 6.27. The monoisotopic (exact) mass is 248 g/mol. The number of hydrogen-bond acceptors (Lipinski definition) is 2. The average molecular weight is 248 g/mol. The summed E-state index contributed by atoms with van der Waals surface area (Å²) in [5.41, 5.74) is 5.64. The summed E-state index contributed by atoms with van der Waals surface area (Å²) in [6, 6.07) is 8.21. The lowest BCUT2D eigenvalue weighted by molar-refractivity contribution is -0.648. The number of pyridine rings is 2. The summed E-state index contributed by atoms with van der Waals surface area (Å²) in [5, 5.41) is 0. The molecule has 19 heavy (non-hydrogen) atoms. The molecule has 0 saturated carbocycles. The molecule has 0 atom stereocenters. The van der Waals surface area contributed by atoms with Gasteiger partial charge in [-0.05, 0) is 18.2 Å². The minimum absolute atomic E-state index is 0.833. The minimum Gasteiger partial charge on any atom is -0.396 e. The summed E-state index contributed by atoms with van der Waals surface area (Å²) in [4.78, 5) is 4.19. The molecule has 90 valence electrons. The Kier molecular flexibility index (Phi) is 1.49. The van der Waals surface area contributed by atoms with Crippen LogP contribution in [-0.2, 0) is 6.54 Å². The SMILES string of the molecule is c1ccn2cc3oc4[n+](c3c2c1)Cc1cnccc1-4. The highest BCUT2D eigenvalue weighted by Gasteiger charge is 2.35. The number of oxazole rings is 1. The molecule has 0 aromatic carbocycles. The maximum absolute atomic E-state index is 6.04. The van der Waals surface area contributed by atoms with Crippen molar-refractivity contribution in [1.82, 2.24) is 9.38 Å². The number of fused-ring (bicyclic) bond motifs is 7. The molecule has 0 radical (unpaired) electrons. The molecule has 4 aromatic heterocycles. The molecule has 4 nitrogen and oxygen atoms in total. The predicted molar refractivity (Wildman–Crippen MR) is 69.7 cm³/mol. The molecule has 1 aliphatic rings. The molecule has 4 heteroatoms. The Morgan fingerprint density at radius 3 is 3.26 bits per heavy atom. The minimum atomic E-state index is 0.833. The molecule has 0 unspecified atom stereocenters. The fraction of sp³-hybridized carbons (Fsp3) is 0.0667. The van der Waals surface area contributed by atoms with Gasteiger partial charge in [-0.2, -0.15) is 0 Å². The third-order valence-corrected chi connectivity index (χ3v) is 3.81.